The van der Waals surface area contributed by atoms with E-state index in [0.717, 1.165) is 19.4 Å². The van der Waals surface area contributed by atoms with Crippen molar-refractivity contribution in [1.82, 2.24) is 4.90 Å². The number of aliphatic hydroxyl groups excluding tert-OH is 1. The van der Waals surface area contributed by atoms with Crippen LogP contribution in [0.5, 0.6) is 0 Å². The highest BCUT2D eigenvalue weighted by molar-refractivity contribution is 7.09. The van der Waals surface area contributed by atoms with Crippen molar-refractivity contribution in [3.8, 4) is 0 Å². The Morgan fingerprint density at radius 1 is 1.67 bits per heavy atom. The van der Waals surface area contributed by atoms with Gasteiger partial charge in [-0.15, -0.1) is 11.3 Å². The molecule has 18 heavy (non-hydrogen) atoms. The van der Waals surface area contributed by atoms with Crippen LogP contribution >= 0.6 is 11.3 Å². The number of thiophene rings is 1. The summed E-state index contributed by atoms with van der Waals surface area (Å²) in [5.74, 6) is 0.486. The molecule has 0 aromatic carbocycles. The molecule has 1 aromatic heterocycles. The molecular weight excluding hydrogens is 246 g/mol. The molecule has 1 aromatic rings. The lowest BCUT2D eigenvalue weighted by Gasteiger charge is -2.35. The van der Waals surface area contributed by atoms with E-state index in [1.54, 1.807) is 11.3 Å². The Bertz CT molecular complexity index is 391. The maximum atomic E-state index is 12.3. The third-order valence-electron chi connectivity index (χ3n) is 3.74. The second-order valence-corrected chi connectivity index (χ2v) is 6.33. The number of likely N-dealkylation sites (tertiary alicyclic amines) is 1. The maximum Gasteiger partial charge on any atom is 0.225 e. The largest absolute Gasteiger partial charge is 0.391 e. The van der Waals surface area contributed by atoms with E-state index in [9.17, 15) is 9.90 Å². The predicted octanol–water partition coefficient (Wildman–Crippen LogP) is 2.16. The number of β-amino-alcohol motifs (C(OH)–C–C–N with tert-alkyl or cyclic N) is 1. The number of rotatable bonds is 3. The molecular formula is C14H21NO2S. The van der Waals surface area contributed by atoms with Crippen molar-refractivity contribution < 1.29 is 9.90 Å². The smallest absolute Gasteiger partial charge is 0.225 e. The molecule has 3 nitrogen and oxygen atoms in total. The zero-order valence-electron chi connectivity index (χ0n) is 11.0. The van der Waals surface area contributed by atoms with E-state index in [4.69, 9.17) is 0 Å². The molecule has 1 aliphatic rings. The Balaban J connectivity index is 1.90. The van der Waals surface area contributed by atoms with Crippen molar-refractivity contribution in [3.05, 3.63) is 22.4 Å². The fourth-order valence-electron chi connectivity index (χ4n) is 2.38. The highest BCUT2D eigenvalue weighted by Gasteiger charge is 2.29. The van der Waals surface area contributed by atoms with Gasteiger partial charge in [-0.05, 0) is 30.2 Å². The number of aliphatic hydroxyl groups is 1. The van der Waals surface area contributed by atoms with E-state index < -0.39 is 0 Å². The molecule has 2 heterocycles. The van der Waals surface area contributed by atoms with Gasteiger partial charge in [0.15, 0.2) is 0 Å². The van der Waals surface area contributed by atoms with E-state index in [1.807, 2.05) is 30.2 Å². The summed E-state index contributed by atoms with van der Waals surface area (Å²) in [7, 11) is 0. The SMILES string of the molecule is CC(Cc1cccs1)C(=O)N1CCC(C)C(O)C1. The Labute approximate surface area is 112 Å². The van der Waals surface area contributed by atoms with Crippen molar-refractivity contribution >= 4 is 17.2 Å². The highest BCUT2D eigenvalue weighted by Crippen LogP contribution is 2.21. The zero-order valence-corrected chi connectivity index (χ0v) is 11.8. The van der Waals surface area contributed by atoms with E-state index in [0.29, 0.717) is 12.5 Å². The molecule has 2 rings (SSSR count). The molecule has 100 valence electrons. The molecule has 1 N–H and O–H groups in total. The van der Waals surface area contributed by atoms with Gasteiger partial charge < -0.3 is 10.0 Å². The Morgan fingerprint density at radius 3 is 3.06 bits per heavy atom. The number of carbonyl (C=O) groups excluding carboxylic acids is 1. The molecule has 0 aliphatic carbocycles. The summed E-state index contributed by atoms with van der Waals surface area (Å²) in [6.45, 7) is 5.30. The normalized spacial score (nSPS) is 26.1. The molecule has 0 bridgehead atoms. The first-order chi connectivity index (χ1) is 8.58. The highest BCUT2D eigenvalue weighted by atomic mass is 32.1. The number of piperidine rings is 1. The quantitative estimate of drug-likeness (QED) is 0.911. The number of amides is 1. The minimum absolute atomic E-state index is 0.00394. The lowest BCUT2D eigenvalue weighted by atomic mass is 9.94. The molecule has 0 spiro atoms. The van der Waals surface area contributed by atoms with Crippen molar-refractivity contribution in [3.63, 3.8) is 0 Å². The minimum atomic E-state index is -0.364. The van der Waals surface area contributed by atoms with E-state index in [-0.39, 0.29) is 17.9 Å². The van der Waals surface area contributed by atoms with Crippen LogP contribution in [-0.2, 0) is 11.2 Å². The molecule has 3 atom stereocenters. The molecule has 1 fully saturated rings. The van der Waals surface area contributed by atoms with Crippen LogP contribution in [0.25, 0.3) is 0 Å². The molecule has 1 amide bonds. The van der Waals surface area contributed by atoms with Crippen LogP contribution in [-0.4, -0.2) is 35.1 Å². The van der Waals surface area contributed by atoms with Gasteiger partial charge in [-0.2, -0.15) is 0 Å². The van der Waals surface area contributed by atoms with Gasteiger partial charge in [-0.25, -0.2) is 0 Å². The van der Waals surface area contributed by atoms with Crippen LogP contribution in [0.1, 0.15) is 25.1 Å². The van der Waals surface area contributed by atoms with E-state index in [1.165, 1.54) is 4.88 Å². The van der Waals surface area contributed by atoms with Crippen LogP contribution in [0, 0.1) is 11.8 Å². The van der Waals surface area contributed by atoms with Crippen LogP contribution in [0.15, 0.2) is 17.5 Å². The summed E-state index contributed by atoms with van der Waals surface area (Å²) in [6, 6.07) is 4.09. The Kier molecular flexibility index (Phi) is 4.40. The summed E-state index contributed by atoms with van der Waals surface area (Å²) < 4.78 is 0. The molecule has 4 heteroatoms. The summed E-state index contributed by atoms with van der Waals surface area (Å²) in [5, 5.41) is 11.9. The number of nitrogens with zero attached hydrogens (tertiary/aromatic N) is 1. The topological polar surface area (TPSA) is 40.5 Å². The first-order valence-electron chi connectivity index (χ1n) is 6.57. The molecule has 0 saturated carbocycles. The van der Waals surface area contributed by atoms with Gasteiger partial charge in [0.1, 0.15) is 0 Å². The standard InChI is InChI=1S/C14H21NO2S/c1-10-5-6-15(9-13(10)16)14(17)11(2)8-12-4-3-7-18-12/h3-4,7,10-11,13,16H,5-6,8-9H2,1-2H3. The fraction of sp³-hybridized carbons (Fsp3) is 0.643. The van der Waals surface area contributed by atoms with Crippen molar-refractivity contribution in [2.75, 3.05) is 13.1 Å². The Morgan fingerprint density at radius 2 is 2.44 bits per heavy atom. The van der Waals surface area contributed by atoms with Gasteiger partial charge in [0.25, 0.3) is 0 Å². The van der Waals surface area contributed by atoms with Crippen LogP contribution in [0.4, 0.5) is 0 Å². The second-order valence-electron chi connectivity index (χ2n) is 5.30. The monoisotopic (exact) mass is 267 g/mol. The van der Waals surface area contributed by atoms with Crippen LogP contribution in [0.2, 0.25) is 0 Å². The van der Waals surface area contributed by atoms with Gasteiger partial charge >= 0.3 is 0 Å². The Hall–Kier alpha value is -0.870. The first-order valence-corrected chi connectivity index (χ1v) is 7.45. The predicted molar refractivity (Wildman–Crippen MR) is 73.6 cm³/mol. The maximum absolute atomic E-state index is 12.3. The third kappa shape index (κ3) is 3.12. The van der Waals surface area contributed by atoms with Crippen molar-refractivity contribution in [1.29, 1.82) is 0 Å². The number of carbonyl (C=O) groups is 1. The minimum Gasteiger partial charge on any atom is -0.391 e. The molecule has 1 saturated heterocycles. The van der Waals surface area contributed by atoms with Crippen LogP contribution in [0.3, 0.4) is 0 Å². The average Bonchev–Trinajstić information content (AvgIpc) is 2.84. The van der Waals surface area contributed by atoms with Gasteiger partial charge in [0, 0.05) is 23.9 Å². The first kappa shape index (κ1) is 13.6. The summed E-state index contributed by atoms with van der Waals surface area (Å²) in [6.07, 6.45) is 1.34. The van der Waals surface area contributed by atoms with Gasteiger partial charge in [0.05, 0.1) is 6.10 Å². The molecule has 0 radical (unpaired) electrons. The van der Waals surface area contributed by atoms with E-state index in [2.05, 4.69) is 6.07 Å². The van der Waals surface area contributed by atoms with Gasteiger partial charge in [-0.1, -0.05) is 19.9 Å². The summed E-state index contributed by atoms with van der Waals surface area (Å²) in [4.78, 5) is 15.4. The van der Waals surface area contributed by atoms with Gasteiger partial charge in [0.2, 0.25) is 5.91 Å². The van der Waals surface area contributed by atoms with Crippen molar-refractivity contribution in [2.24, 2.45) is 11.8 Å². The number of hydrogen-bond acceptors (Lipinski definition) is 3. The lowest BCUT2D eigenvalue weighted by Crippen LogP contribution is -2.47. The molecule has 3 unspecified atom stereocenters. The molecule has 1 aliphatic heterocycles. The third-order valence-corrected chi connectivity index (χ3v) is 4.64. The fourth-order valence-corrected chi connectivity index (χ4v) is 3.21. The van der Waals surface area contributed by atoms with E-state index >= 15 is 0 Å². The lowest BCUT2D eigenvalue weighted by molar-refractivity contribution is -0.139. The summed E-state index contributed by atoms with van der Waals surface area (Å²) in [5.41, 5.74) is 0. The number of hydrogen-bond donors (Lipinski definition) is 1. The summed E-state index contributed by atoms with van der Waals surface area (Å²) >= 11 is 1.70. The zero-order chi connectivity index (χ0) is 13.1. The second kappa shape index (κ2) is 5.85. The van der Waals surface area contributed by atoms with Crippen LogP contribution < -0.4 is 0 Å². The van der Waals surface area contributed by atoms with Gasteiger partial charge in [-0.3, -0.25) is 4.79 Å². The van der Waals surface area contributed by atoms with Crippen molar-refractivity contribution in [2.45, 2.75) is 32.8 Å². The average molecular weight is 267 g/mol.